The molecule has 0 bridgehead atoms. The number of nitrogens with one attached hydrogen (secondary N) is 1. The van der Waals surface area contributed by atoms with E-state index < -0.39 is 17.5 Å². The molecule has 2 rings (SSSR count). The Morgan fingerprint density at radius 1 is 1.32 bits per heavy atom. The topological polar surface area (TPSA) is 30.5 Å². The molecule has 1 aliphatic rings. The van der Waals surface area contributed by atoms with Gasteiger partial charge in [0.05, 0.1) is 12.2 Å². The first-order valence-corrected chi connectivity index (χ1v) is 6.00. The minimum Gasteiger partial charge on any atom is -0.382 e. The molecule has 0 aromatic heterocycles. The first-order valence-electron chi connectivity index (χ1n) is 6.00. The second-order valence-electron chi connectivity index (χ2n) is 4.87. The van der Waals surface area contributed by atoms with Gasteiger partial charge in [-0.1, -0.05) is 12.1 Å². The molecule has 3 nitrogen and oxygen atoms in total. The van der Waals surface area contributed by atoms with E-state index >= 15 is 0 Å². The van der Waals surface area contributed by atoms with Crippen molar-refractivity contribution in [2.24, 2.45) is 0 Å². The van der Waals surface area contributed by atoms with Crippen molar-refractivity contribution in [1.29, 1.82) is 0 Å². The third-order valence-corrected chi connectivity index (χ3v) is 2.82. The highest BCUT2D eigenvalue weighted by atomic mass is 19.4. The maximum Gasteiger partial charge on any atom is 0.418 e. The average molecular weight is 275 g/mol. The summed E-state index contributed by atoms with van der Waals surface area (Å²) in [5.41, 5.74) is -0.614. The molecule has 1 aliphatic heterocycles. The van der Waals surface area contributed by atoms with Crippen LogP contribution in [0.1, 0.15) is 19.4 Å². The van der Waals surface area contributed by atoms with E-state index in [1.165, 1.54) is 12.1 Å². The predicted molar refractivity (Wildman–Crippen MR) is 64.8 cm³/mol. The fourth-order valence-electron chi connectivity index (χ4n) is 1.97. The molecular weight excluding hydrogens is 259 g/mol. The molecule has 0 amide bonds. The first-order chi connectivity index (χ1) is 8.78. The van der Waals surface area contributed by atoms with Gasteiger partial charge in [-0.3, -0.25) is 0 Å². The summed E-state index contributed by atoms with van der Waals surface area (Å²) in [6.45, 7) is 4.19. The van der Waals surface area contributed by atoms with Gasteiger partial charge < -0.3 is 14.8 Å². The lowest BCUT2D eigenvalue weighted by Crippen LogP contribution is -2.26. The lowest BCUT2D eigenvalue weighted by atomic mass is 10.1. The average Bonchev–Trinajstić information content (AvgIpc) is 2.66. The SMILES string of the molecule is CC1(C)OCC(CNc2ccccc2C(F)(F)F)O1. The number of hydrogen-bond donors (Lipinski definition) is 1. The van der Waals surface area contributed by atoms with Gasteiger partial charge in [-0.15, -0.1) is 0 Å². The molecule has 1 saturated heterocycles. The van der Waals surface area contributed by atoms with Crippen LogP contribution in [0.2, 0.25) is 0 Å². The number of hydrogen-bond acceptors (Lipinski definition) is 3. The quantitative estimate of drug-likeness (QED) is 0.918. The molecule has 6 heteroatoms. The van der Waals surface area contributed by atoms with Gasteiger partial charge in [-0.25, -0.2) is 0 Å². The monoisotopic (exact) mass is 275 g/mol. The van der Waals surface area contributed by atoms with Crippen LogP contribution < -0.4 is 5.32 Å². The number of benzene rings is 1. The van der Waals surface area contributed by atoms with Gasteiger partial charge in [0.2, 0.25) is 0 Å². The smallest absolute Gasteiger partial charge is 0.382 e. The molecule has 1 aromatic rings. The van der Waals surface area contributed by atoms with Gasteiger partial charge >= 0.3 is 6.18 Å². The molecule has 1 aromatic carbocycles. The zero-order chi connectivity index (χ0) is 14.1. The Hall–Kier alpha value is -1.27. The van der Waals surface area contributed by atoms with Crippen LogP contribution in [0.3, 0.4) is 0 Å². The van der Waals surface area contributed by atoms with Gasteiger partial charge in [0.25, 0.3) is 0 Å². The molecule has 0 spiro atoms. The molecule has 0 radical (unpaired) electrons. The Labute approximate surface area is 109 Å². The predicted octanol–water partition coefficient (Wildman–Crippen LogP) is 3.27. The summed E-state index contributed by atoms with van der Waals surface area (Å²) in [6.07, 6.45) is -4.62. The maximum atomic E-state index is 12.8. The van der Waals surface area contributed by atoms with Crippen molar-refractivity contribution in [3.05, 3.63) is 29.8 Å². The Morgan fingerprint density at radius 2 is 2.00 bits per heavy atom. The van der Waals surface area contributed by atoms with Crippen LogP contribution >= 0.6 is 0 Å². The van der Waals surface area contributed by atoms with Crippen LogP contribution in [0.5, 0.6) is 0 Å². The lowest BCUT2D eigenvalue weighted by molar-refractivity contribution is -0.138. The van der Waals surface area contributed by atoms with Crippen LogP contribution in [0, 0.1) is 0 Å². The van der Waals surface area contributed by atoms with Gasteiger partial charge in [0, 0.05) is 12.2 Å². The summed E-state index contributed by atoms with van der Waals surface area (Å²) in [4.78, 5) is 0. The second-order valence-corrected chi connectivity index (χ2v) is 4.87. The lowest BCUT2D eigenvalue weighted by Gasteiger charge is -2.19. The summed E-state index contributed by atoms with van der Waals surface area (Å²) in [5.74, 6) is -0.671. The van der Waals surface area contributed by atoms with E-state index in [0.29, 0.717) is 6.61 Å². The molecular formula is C13H16F3NO2. The highest BCUT2D eigenvalue weighted by Gasteiger charge is 2.35. The standard InChI is InChI=1S/C13H16F3NO2/c1-12(2)18-8-9(19-12)7-17-11-6-4-3-5-10(11)13(14,15)16/h3-6,9,17H,7-8H2,1-2H3. The van der Waals surface area contributed by atoms with E-state index in [1.807, 2.05) is 0 Å². The van der Waals surface area contributed by atoms with Crippen LogP contribution in [-0.4, -0.2) is 25.0 Å². The van der Waals surface area contributed by atoms with Crippen molar-refractivity contribution in [3.63, 3.8) is 0 Å². The van der Waals surface area contributed by atoms with Gasteiger partial charge in [0.1, 0.15) is 6.10 Å². The third-order valence-electron chi connectivity index (χ3n) is 2.82. The first kappa shape index (κ1) is 14.1. The van der Waals surface area contributed by atoms with E-state index in [0.717, 1.165) is 6.07 Å². The molecule has 1 heterocycles. The molecule has 1 fully saturated rings. The molecule has 1 N–H and O–H groups in total. The third kappa shape index (κ3) is 3.61. The Bertz CT molecular complexity index is 446. The van der Waals surface area contributed by atoms with E-state index in [1.54, 1.807) is 19.9 Å². The van der Waals surface area contributed by atoms with Crippen molar-refractivity contribution in [2.75, 3.05) is 18.5 Å². The summed E-state index contributed by atoms with van der Waals surface area (Å²) in [5, 5.41) is 2.77. The fourth-order valence-corrected chi connectivity index (χ4v) is 1.97. The fraction of sp³-hybridized carbons (Fsp3) is 0.538. The van der Waals surface area contributed by atoms with Gasteiger partial charge in [-0.2, -0.15) is 13.2 Å². The normalized spacial score (nSPS) is 22.5. The molecule has 0 saturated carbocycles. The zero-order valence-corrected chi connectivity index (χ0v) is 10.8. The minimum atomic E-state index is -4.37. The van der Waals surface area contributed by atoms with Crippen LogP contribution in [0.25, 0.3) is 0 Å². The Morgan fingerprint density at radius 3 is 2.58 bits per heavy atom. The number of anilines is 1. The zero-order valence-electron chi connectivity index (χ0n) is 10.8. The summed E-state index contributed by atoms with van der Waals surface area (Å²) in [7, 11) is 0. The summed E-state index contributed by atoms with van der Waals surface area (Å²) >= 11 is 0. The minimum absolute atomic E-state index is 0.0586. The number of alkyl halides is 3. The van der Waals surface area contributed by atoms with Crippen molar-refractivity contribution in [1.82, 2.24) is 0 Å². The van der Waals surface area contributed by atoms with E-state index in [-0.39, 0.29) is 18.3 Å². The van der Waals surface area contributed by atoms with E-state index in [2.05, 4.69) is 5.32 Å². The largest absolute Gasteiger partial charge is 0.418 e. The van der Waals surface area contributed by atoms with Crippen molar-refractivity contribution >= 4 is 5.69 Å². The van der Waals surface area contributed by atoms with Crippen molar-refractivity contribution < 1.29 is 22.6 Å². The summed E-state index contributed by atoms with van der Waals surface area (Å²) in [6, 6.07) is 5.39. The van der Waals surface area contributed by atoms with Gasteiger partial charge in [0.15, 0.2) is 5.79 Å². The maximum absolute atomic E-state index is 12.8. The van der Waals surface area contributed by atoms with Crippen LogP contribution in [0.15, 0.2) is 24.3 Å². The number of rotatable bonds is 3. The van der Waals surface area contributed by atoms with E-state index in [9.17, 15) is 13.2 Å². The van der Waals surface area contributed by atoms with Gasteiger partial charge in [-0.05, 0) is 26.0 Å². The van der Waals surface area contributed by atoms with Crippen LogP contribution in [-0.2, 0) is 15.7 Å². The number of halogens is 3. The highest BCUT2D eigenvalue weighted by Crippen LogP contribution is 2.34. The molecule has 1 unspecified atom stereocenters. The molecule has 0 aliphatic carbocycles. The number of para-hydroxylation sites is 1. The van der Waals surface area contributed by atoms with Crippen molar-refractivity contribution in [3.8, 4) is 0 Å². The molecule has 106 valence electrons. The van der Waals surface area contributed by atoms with Crippen molar-refractivity contribution in [2.45, 2.75) is 31.9 Å². The highest BCUT2D eigenvalue weighted by molar-refractivity contribution is 5.52. The number of ether oxygens (including phenoxy) is 2. The van der Waals surface area contributed by atoms with Crippen LogP contribution in [0.4, 0.5) is 18.9 Å². The Kier molecular flexibility index (Phi) is 3.73. The second kappa shape index (κ2) is 5.02. The molecule has 1 atom stereocenters. The Balaban J connectivity index is 2.01. The summed E-state index contributed by atoms with van der Waals surface area (Å²) < 4.78 is 49.2. The molecule has 19 heavy (non-hydrogen) atoms. The van der Waals surface area contributed by atoms with E-state index in [4.69, 9.17) is 9.47 Å².